The van der Waals surface area contributed by atoms with Crippen LogP contribution in [0.15, 0.2) is 67.8 Å². The summed E-state index contributed by atoms with van der Waals surface area (Å²) in [6, 6.07) is 11.0. The third-order valence-electron chi connectivity index (χ3n) is 4.42. The van der Waals surface area contributed by atoms with E-state index in [-0.39, 0.29) is 5.78 Å². The second kappa shape index (κ2) is 13.1. The zero-order valence-electron chi connectivity index (χ0n) is 18.6. The van der Waals surface area contributed by atoms with Gasteiger partial charge in [0.15, 0.2) is 5.78 Å². The van der Waals surface area contributed by atoms with Gasteiger partial charge in [-0.3, -0.25) is 4.79 Å². The summed E-state index contributed by atoms with van der Waals surface area (Å²) in [4.78, 5) is 12.8. The molecule has 0 saturated heterocycles. The second-order valence-electron chi connectivity index (χ2n) is 6.98. The van der Waals surface area contributed by atoms with Crippen molar-refractivity contribution >= 4 is 11.9 Å². The van der Waals surface area contributed by atoms with Gasteiger partial charge >= 0.3 is 0 Å². The SMILES string of the molecule is C=CCOc1ccc(C(=O)/C=C/c2c(OCCC)ccc(CC=C)c2OCCC)cc1. The molecule has 0 unspecified atom stereocenters. The van der Waals surface area contributed by atoms with Gasteiger partial charge in [0.2, 0.25) is 0 Å². The summed E-state index contributed by atoms with van der Waals surface area (Å²) >= 11 is 0. The van der Waals surface area contributed by atoms with Crippen molar-refractivity contribution in [2.24, 2.45) is 0 Å². The van der Waals surface area contributed by atoms with Gasteiger partial charge in [0, 0.05) is 5.56 Å². The van der Waals surface area contributed by atoms with Gasteiger partial charge in [0.25, 0.3) is 0 Å². The summed E-state index contributed by atoms with van der Waals surface area (Å²) in [7, 11) is 0. The van der Waals surface area contributed by atoms with Crippen molar-refractivity contribution in [2.75, 3.05) is 19.8 Å². The predicted molar refractivity (Wildman–Crippen MR) is 127 cm³/mol. The Morgan fingerprint density at radius 1 is 0.903 bits per heavy atom. The zero-order valence-corrected chi connectivity index (χ0v) is 18.6. The van der Waals surface area contributed by atoms with Crippen LogP contribution < -0.4 is 14.2 Å². The summed E-state index contributed by atoms with van der Waals surface area (Å²) in [5.74, 6) is 2.04. The Morgan fingerprint density at radius 2 is 1.61 bits per heavy atom. The summed E-state index contributed by atoms with van der Waals surface area (Å²) in [6.45, 7) is 13.2. The maximum Gasteiger partial charge on any atom is 0.185 e. The van der Waals surface area contributed by atoms with Crippen LogP contribution in [-0.4, -0.2) is 25.6 Å². The predicted octanol–water partition coefficient (Wildman–Crippen LogP) is 6.45. The van der Waals surface area contributed by atoms with E-state index in [1.54, 1.807) is 42.5 Å². The van der Waals surface area contributed by atoms with Crippen LogP contribution in [0.3, 0.4) is 0 Å². The molecule has 2 rings (SSSR count). The zero-order chi connectivity index (χ0) is 22.5. The van der Waals surface area contributed by atoms with Crippen molar-refractivity contribution in [1.29, 1.82) is 0 Å². The fourth-order valence-electron chi connectivity index (χ4n) is 2.94. The van der Waals surface area contributed by atoms with Gasteiger partial charge in [-0.05, 0) is 67.3 Å². The molecule has 0 N–H and O–H groups in total. The van der Waals surface area contributed by atoms with Crippen molar-refractivity contribution in [1.82, 2.24) is 0 Å². The first kappa shape index (κ1) is 24.0. The molecule has 0 bridgehead atoms. The minimum absolute atomic E-state index is 0.104. The molecule has 0 aliphatic heterocycles. The molecule has 0 heterocycles. The molecule has 2 aromatic carbocycles. The van der Waals surface area contributed by atoms with Crippen LogP contribution in [0.2, 0.25) is 0 Å². The molecule has 0 saturated carbocycles. The number of ketones is 1. The highest BCUT2D eigenvalue weighted by Crippen LogP contribution is 2.35. The fourth-order valence-corrected chi connectivity index (χ4v) is 2.94. The highest BCUT2D eigenvalue weighted by Gasteiger charge is 2.14. The van der Waals surface area contributed by atoms with Gasteiger partial charge in [0.05, 0.1) is 18.8 Å². The summed E-state index contributed by atoms with van der Waals surface area (Å²) in [6.07, 6.45) is 9.32. The number of allylic oxidation sites excluding steroid dienone is 2. The Bertz CT molecular complexity index is 894. The largest absolute Gasteiger partial charge is 0.493 e. The van der Waals surface area contributed by atoms with Crippen molar-refractivity contribution in [3.8, 4) is 17.2 Å². The van der Waals surface area contributed by atoms with Gasteiger partial charge < -0.3 is 14.2 Å². The first-order valence-corrected chi connectivity index (χ1v) is 10.7. The van der Waals surface area contributed by atoms with Crippen LogP contribution in [0.25, 0.3) is 6.08 Å². The Hall–Kier alpha value is -3.27. The summed E-state index contributed by atoms with van der Waals surface area (Å²) < 4.78 is 17.5. The van der Waals surface area contributed by atoms with E-state index in [1.165, 1.54) is 0 Å². The molecular formula is C27H32O4. The topological polar surface area (TPSA) is 44.8 Å². The van der Waals surface area contributed by atoms with E-state index < -0.39 is 0 Å². The molecule has 0 aromatic heterocycles. The van der Waals surface area contributed by atoms with Crippen LogP contribution in [-0.2, 0) is 6.42 Å². The molecule has 31 heavy (non-hydrogen) atoms. The Morgan fingerprint density at radius 3 is 2.26 bits per heavy atom. The van der Waals surface area contributed by atoms with Crippen LogP contribution in [0.4, 0.5) is 0 Å². The van der Waals surface area contributed by atoms with Gasteiger partial charge in [-0.15, -0.1) is 6.58 Å². The highest BCUT2D eigenvalue weighted by atomic mass is 16.5. The molecule has 0 radical (unpaired) electrons. The molecule has 0 atom stereocenters. The number of benzene rings is 2. The number of carbonyl (C=O) groups is 1. The maximum absolute atomic E-state index is 12.8. The van der Waals surface area contributed by atoms with Crippen molar-refractivity contribution in [2.45, 2.75) is 33.1 Å². The second-order valence-corrected chi connectivity index (χ2v) is 6.98. The van der Waals surface area contributed by atoms with Crippen molar-refractivity contribution in [3.63, 3.8) is 0 Å². The Kier molecular flexibility index (Phi) is 10.2. The molecule has 164 valence electrons. The molecule has 4 nitrogen and oxygen atoms in total. The van der Waals surface area contributed by atoms with Crippen LogP contribution in [0.5, 0.6) is 17.2 Å². The third-order valence-corrected chi connectivity index (χ3v) is 4.42. The molecule has 0 fully saturated rings. The lowest BCUT2D eigenvalue weighted by atomic mass is 10.0. The van der Waals surface area contributed by atoms with Crippen LogP contribution >= 0.6 is 0 Å². The lowest BCUT2D eigenvalue weighted by molar-refractivity contribution is 0.104. The summed E-state index contributed by atoms with van der Waals surface area (Å²) in [5, 5.41) is 0. The average molecular weight is 421 g/mol. The van der Waals surface area contributed by atoms with Crippen LogP contribution in [0, 0.1) is 0 Å². The quantitative estimate of drug-likeness (QED) is 0.200. The Balaban J connectivity index is 2.35. The number of hydrogen-bond donors (Lipinski definition) is 0. The first-order chi connectivity index (χ1) is 15.1. The number of rotatable bonds is 14. The van der Waals surface area contributed by atoms with Gasteiger partial charge in [-0.2, -0.15) is 0 Å². The molecule has 0 aliphatic carbocycles. The van der Waals surface area contributed by atoms with Crippen molar-refractivity contribution < 1.29 is 19.0 Å². The van der Waals surface area contributed by atoms with Gasteiger partial charge in [0.1, 0.15) is 23.9 Å². The number of carbonyl (C=O) groups excluding carboxylic acids is 1. The maximum atomic E-state index is 12.8. The molecule has 4 heteroatoms. The van der Waals surface area contributed by atoms with E-state index in [9.17, 15) is 4.79 Å². The van der Waals surface area contributed by atoms with E-state index in [2.05, 4.69) is 27.0 Å². The smallest absolute Gasteiger partial charge is 0.185 e. The Labute approximate surface area is 185 Å². The fraction of sp³-hybridized carbons (Fsp3) is 0.296. The molecule has 0 amide bonds. The summed E-state index contributed by atoms with van der Waals surface area (Å²) in [5.41, 5.74) is 2.38. The van der Waals surface area contributed by atoms with E-state index in [0.29, 0.717) is 43.3 Å². The van der Waals surface area contributed by atoms with E-state index >= 15 is 0 Å². The lowest BCUT2D eigenvalue weighted by Crippen LogP contribution is -2.04. The minimum Gasteiger partial charge on any atom is -0.493 e. The lowest BCUT2D eigenvalue weighted by Gasteiger charge is -2.17. The van der Waals surface area contributed by atoms with E-state index in [0.717, 1.165) is 29.7 Å². The van der Waals surface area contributed by atoms with E-state index in [4.69, 9.17) is 14.2 Å². The number of ether oxygens (including phenoxy) is 3. The molecule has 0 spiro atoms. The third kappa shape index (κ3) is 7.18. The highest BCUT2D eigenvalue weighted by molar-refractivity contribution is 6.07. The van der Waals surface area contributed by atoms with Gasteiger partial charge in [-0.1, -0.05) is 38.6 Å². The van der Waals surface area contributed by atoms with Crippen molar-refractivity contribution in [3.05, 3.63) is 84.5 Å². The standard InChI is InChI=1S/C27H32O4/c1-5-9-22-12-17-26(30-19-7-3)24(27(22)31-20-8-4)15-16-25(28)21-10-13-23(14-11-21)29-18-6-2/h5-6,10-17H,1-2,7-9,18-20H2,3-4H3/b16-15+. The average Bonchev–Trinajstić information content (AvgIpc) is 2.80. The van der Waals surface area contributed by atoms with Crippen LogP contribution in [0.1, 0.15) is 48.2 Å². The van der Waals surface area contributed by atoms with E-state index in [1.807, 2.05) is 18.2 Å². The monoisotopic (exact) mass is 420 g/mol. The molecule has 0 aliphatic rings. The first-order valence-electron chi connectivity index (χ1n) is 10.7. The number of hydrogen-bond acceptors (Lipinski definition) is 4. The van der Waals surface area contributed by atoms with Gasteiger partial charge in [-0.25, -0.2) is 0 Å². The minimum atomic E-state index is -0.104. The normalized spacial score (nSPS) is 10.6. The molecular weight excluding hydrogens is 388 g/mol. The molecule has 2 aromatic rings.